The third kappa shape index (κ3) is 50.9. The molecule has 0 aromatic heterocycles. The molecule has 0 spiro atoms. The van der Waals surface area contributed by atoms with Crippen molar-refractivity contribution in [2.45, 2.75) is 232 Å². The molecule has 0 aliphatic heterocycles. The second-order valence-corrected chi connectivity index (χ2v) is 17.1. The van der Waals surface area contributed by atoms with Crippen LogP contribution in [-0.4, -0.2) is 37.2 Å². The average molecular weight is 901 g/mol. The van der Waals surface area contributed by atoms with Crippen molar-refractivity contribution in [3.63, 3.8) is 0 Å². The molecule has 0 rings (SSSR count). The van der Waals surface area contributed by atoms with E-state index in [-0.39, 0.29) is 44.0 Å². The van der Waals surface area contributed by atoms with Crippen LogP contribution >= 0.6 is 0 Å². The summed E-state index contributed by atoms with van der Waals surface area (Å²) in [5.41, 5.74) is 0. The molecule has 0 N–H and O–H groups in total. The number of carbonyl (C=O) groups excluding carboxylic acids is 3. The number of rotatable bonds is 46. The molecule has 0 bridgehead atoms. The summed E-state index contributed by atoms with van der Waals surface area (Å²) < 4.78 is 16.7. The predicted molar refractivity (Wildman–Crippen MR) is 279 cm³/mol. The van der Waals surface area contributed by atoms with Gasteiger partial charge < -0.3 is 14.2 Å². The highest BCUT2D eigenvalue weighted by Crippen LogP contribution is 2.14. The standard InChI is InChI=1S/C59H96O6/c1-4-7-10-13-16-19-22-25-27-29-31-34-37-40-43-46-49-52-58(61)64-55-56(54-63-57(60)51-48-45-42-39-36-33-24-21-18-15-12-9-6-3)65-59(62)53-50-47-44-41-38-35-32-30-28-26-23-20-17-14-11-8-5-2/h7,10,16-17,19-20,25-28,31-32,34-35,40-41,43-44,56H,4-6,8-9,11-15,18,21-24,29-30,33,36-39,42,45-55H2,1-3H3/b10-7+,19-16+,20-17+,27-25+,28-26+,34-31+,35-32+,43-40+,44-41+/t56-/m1/s1. The molecule has 368 valence electrons. The van der Waals surface area contributed by atoms with Gasteiger partial charge in [0.1, 0.15) is 13.2 Å². The molecule has 0 aliphatic rings. The Morgan fingerprint density at radius 2 is 0.615 bits per heavy atom. The molecule has 1 atom stereocenters. The molecular formula is C59H96O6. The van der Waals surface area contributed by atoms with Crippen LogP contribution in [0.5, 0.6) is 0 Å². The molecule has 0 fully saturated rings. The summed E-state index contributed by atoms with van der Waals surface area (Å²) in [6.07, 6.45) is 70.8. The fourth-order valence-corrected chi connectivity index (χ4v) is 6.82. The van der Waals surface area contributed by atoms with Gasteiger partial charge in [0.25, 0.3) is 0 Å². The quantitative estimate of drug-likeness (QED) is 0.0262. The Morgan fingerprint density at radius 3 is 1.00 bits per heavy atom. The minimum Gasteiger partial charge on any atom is -0.462 e. The first-order valence-electron chi connectivity index (χ1n) is 26.4. The van der Waals surface area contributed by atoms with Crippen molar-refractivity contribution < 1.29 is 28.6 Å². The van der Waals surface area contributed by atoms with Gasteiger partial charge in [-0.1, -0.05) is 220 Å². The van der Waals surface area contributed by atoms with Gasteiger partial charge in [-0.15, -0.1) is 0 Å². The number of hydrogen-bond donors (Lipinski definition) is 0. The zero-order valence-electron chi connectivity index (χ0n) is 42.0. The van der Waals surface area contributed by atoms with Crippen LogP contribution in [0.3, 0.4) is 0 Å². The van der Waals surface area contributed by atoms with Gasteiger partial charge in [-0.05, 0) is 96.3 Å². The molecule has 65 heavy (non-hydrogen) atoms. The van der Waals surface area contributed by atoms with E-state index in [1.165, 1.54) is 89.9 Å². The van der Waals surface area contributed by atoms with Gasteiger partial charge in [0.05, 0.1) is 0 Å². The van der Waals surface area contributed by atoms with Crippen LogP contribution in [-0.2, 0) is 28.6 Å². The van der Waals surface area contributed by atoms with Crippen molar-refractivity contribution in [2.75, 3.05) is 13.2 Å². The van der Waals surface area contributed by atoms with E-state index in [9.17, 15) is 14.4 Å². The van der Waals surface area contributed by atoms with Crippen molar-refractivity contribution in [1.29, 1.82) is 0 Å². The monoisotopic (exact) mass is 901 g/mol. The van der Waals surface area contributed by atoms with E-state index in [0.717, 1.165) is 83.5 Å². The number of esters is 3. The predicted octanol–water partition coefficient (Wildman–Crippen LogP) is 17.5. The molecule has 0 unspecified atom stereocenters. The molecule has 0 aromatic rings. The summed E-state index contributed by atoms with van der Waals surface area (Å²) in [5, 5.41) is 0. The zero-order valence-corrected chi connectivity index (χ0v) is 42.0. The van der Waals surface area contributed by atoms with Crippen molar-refractivity contribution in [3.8, 4) is 0 Å². The topological polar surface area (TPSA) is 78.9 Å². The maximum absolute atomic E-state index is 12.8. The lowest BCUT2D eigenvalue weighted by atomic mass is 10.0. The Hall–Kier alpha value is -3.93. The molecule has 0 amide bonds. The molecule has 6 heteroatoms. The van der Waals surface area contributed by atoms with Gasteiger partial charge in [0, 0.05) is 19.3 Å². The van der Waals surface area contributed by atoms with E-state index < -0.39 is 6.10 Å². The largest absolute Gasteiger partial charge is 0.462 e. The summed E-state index contributed by atoms with van der Waals surface area (Å²) in [6, 6.07) is 0. The van der Waals surface area contributed by atoms with E-state index in [1.807, 2.05) is 0 Å². The summed E-state index contributed by atoms with van der Waals surface area (Å²) in [4.78, 5) is 38.0. The van der Waals surface area contributed by atoms with Crippen LogP contribution in [0.4, 0.5) is 0 Å². The zero-order chi connectivity index (χ0) is 47.2. The molecule has 0 radical (unpaired) electrons. The molecule has 6 nitrogen and oxygen atoms in total. The van der Waals surface area contributed by atoms with Gasteiger partial charge in [-0.25, -0.2) is 0 Å². The lowest BCUT2D eigenvalue weighted by Gasteiger charge is -2.18. The van der Waals surface area contributed by atoms with Crippen molar-refractivity contribution >= 4 is 17.9 Å². The number of allylic oxidation sites excluding steroid dienone is 18. The van der Waals surface area contributed by atoms with Gasteiger partial charge in [0.2, 0.25) is 0 Å². The second-order valence-electron chi connectivity index (χ2n) is 17.1. The van der Waals surface area contributed by atoms with Crippen molar-refractivity contribution in [3.05, 3.63) is 109 Å². The Balaban J connectivity index is 4.58. The number of ether oxygens (including phenoxy) is 3. The molecule has 0 aliphatic carbocycles. The molecule has 0 aromatic carbocycles. The van der Waals surface area contributed by atoms with Gasteiger partial charge in [0.15, 0.2) is 6.10 Å². The Kier molecular flexibility index (Phi) is 49.5. The summed E-state index contributed by atoms with van der Waals surface area (Å²) >= 11 is 0. The maximum atomic E-state index is 12.8. The van der Waals surface area contributed by atoms with E-state index >= 15 is 0 Å². The molecule has 0 saturated heterocycles. The Morgan fingerprint density at radius 1 is 0.323 bits per heavy atom. The Labute approximate surface area is 400 Å². The first-order valence-corrected chi connectivity index (χ1v) is 26.4. The van der Waals surface area contributed by atoms with Crippen LogP contribution in [0.25, 0.3) is 0 Å². The minimum atomic E-state index is -0.829. The smallest absolute Gasteiger partial charge is 0.306 e. The molecule has 0 saturated carbocycles. The van der Waals surface area contributed by atoms with Gasteiger partial charge in [-0.2, -0.15) is 0 Å². The summed E-state index contributed by atoms with van der Waals surface area (Å²) in [7, 11) is 0. The van der Waals surface area contributed by atoms with Crippen LogP contribution in [0, 0.1) is 0 Å². The van der Waals surface area contributed by atoms with E-state index in [0.29, 0.717) is 19.3 Å². The number of unbranched alkanes of at least 4 members (excludes halogenated alkanes) is 17. The second kappa shape index (κ2) is 52.7. The molecular weight excluding hydrogens is 805 g/mol. The first-order chi connectivity index (χ1) is 32.0. The number of hydrogen-bond acceptors (Lipinski definition) is 6. The Bertz CT molecular complexity index is 1360. The molecule has 0 heterocycles. The average Bonchev–Trinajstić information content (AvgIpc) is 3.30. The van der Waals surface area contributed by atoms with Crippen LogP contribution in [0.15, 0.2) is 109 Å². The minimum absolute atomic E-state index is 0.118. The van der Waals surface area contributed by atoms with Gasteiger partial charge in [-0.3, -0.25) is 14.4 Å². The van der Waals surface area contributed by atoms with E-state index in [2.05, 4.69) is 130 Å². The van der Waals surface area contributed by atoms with E-state index in [4.69, 9.17) is 14.2 Å². The third-order valence-electron chi connectivity index (χ3n) is 10.8. The number of carbonyl (C=O) groups is 3. The maximum Gasteiger partial charge on any atom is 0.306 e. The van der Waals surface area contributed by atoms with Gasteiger partial charge >= 0.3 is 17.9 Å². The highest BCUT2D eigenvalue weighted by molar-refractivity contribution is 5.71. The normalized spacial score (nSPS) is 13.0. The highest BCUT2D eigenvalue weighted by atomic mass is 16.6. The lowest BCUT2D eigenvalue weighted by Crippen LogP contribution is -2.30. The van der Waals surface area contributed by atoms with Crippen LogP contribution < -0.4 is 0 Å². The fraction of sp³-hybridized carbons (Fsp3) is 0.644. The van der Waals surface area contributed by atoms with Crippen molar-refractivity contribution in [2.24, 2.45) is 0 Å². The third-order valence-corrected chi connectivity index (χ3v) is 10.8. The van der Waals surface area contributed by atoms with Crippen LogP contribution in [0.2, 0.25) is 0 Å². The summed E-state index contributed by atoms with van der Waals surface area (Å²) in [6.45, 7) is 6.39. The summed E-state index contributed by atoms with van der Waals surface area (Å²) in [5.74, 6) is -1.04. The fourth-order valence-electron chi connectivity index (χ4n) is 6.82. The first kappa shape index (κ1) is 61.1. The highest BCUT2D eigenvalue weighted by Gasteiger charge is 2.19. The van der Waals surface area contributed by atoms with Crippen LogP contribution in [0.1, 0.15) is 226 Å². The van der Waals surface area contributed by atoms with E-state index in [1.54, 1.807) is 0 Å². The SMILES string of the molecule is CC/C=C/C/C=C/C/C=C/C/C=C/C/C=C/CCCC(=O)OC[C@@H](COC(=O)CCCCCCCCCCCCCCC)OC(=O)CCC/C=C/C/C=C/C/C=C/C/C=C/CCCCC. The van der Waals surface area contributed by atoms with Crippen molar-refractivity contribution in [1.82, 2.24) is 0 Å². The lowest BCUT2D eigenvalue weighted by molar-refractivity contribution is -0.167.